The molecule has 1 heterocycles. The summed E-state index contributed by atoms with van der Waals surface area (Å²) in [7, 11) is 0. The Hall–Kier alpha value is -0.0800. The quantitative estimate of drug-likeness (QED) is 0.721. The molecule has 2 rings (SSSR count). The molecule has 2 nitrogen and oxygen atoms in total. The molecular weight excluding hydrogens is 208 g/mol. The fraction of sp³-hybridized carbons (Fsp3) is 1.00. The van der Waals surface area contributed by atoms with Crippen molar-refractivity contribution >= 4 is 0 Å². The number of hydrogen-bond donors (Lipinski definition) is 1. The second kappa shape index (κ2) is 7.38. The third-order valence-corrected chi connectivity index (χ3v) is 4.80. The number of rotatable bonds is 6. The Morgan fingerprint density at radius 3 is 2.47 bits per heavy atom. The molecule has 0 aromatic heterocycles. The first-order valence-electron chi connectivity index (χ1n) is 7.82. The van der Waals surface area contributed by atoms with Crippen LogP contribution in [0.3, 0.4) is 0 Å². The van der Waals surface area contributed by atoms with Crippen molar-refractivity contribution in [3.63, 3.8) is 0 Å². The standard InChI is InChI=1S/C15H30N2/c16-10-5-1-2-6-11-17-12-9-14-7-3-4-8-15(14)13-17/h14-15H,1-13,16H2/t14-,15-/m0/s1. The average molecular weight is 238 g/mol. The van der Waals surface area contributed by atoms with Gasteiger partial charge in [-0.3, -0.25) is 0 Å². The van der Waals surface area contributed by atoms with Gasteiger partial charge in [-0.15, -0.1) is 0 Å². The molecule has 2 heteroatoms. The number of nitrogens with two attached hydrogens (primary N) is 1. The Bertz CT molecular complexity index is 205. The van der Waals surface area contributed by atoms with Crippen molar-refractivity contribution in [1.29, 1.82) is 0 Å². The monoisotopic (exact) mass is 238 g/mol. The highest BCUT2D eigenvalue weighted by Crippen LogP contribution is 2.35. The molecular formula is C15H30N2. The molecule has 2 atom stereocenters. The van der Waals surface area contributed by atoms with Crippen LogP contribution in [-0.2, 0) is 0 Å². The molecule has 0 aromatic rings. The second-order valence-corrected chi connectivity index (χ2v) is 6.10. The minimum absolute atomic E-state index is 0.869. The predicted octanol–water partition coefficient (Wildman–Crippen LogP) is 3.02. The van der Waals surface area contributed by atoms with Crippen LogP contribution in [0.2, 0.25) is 0 Å². The van der Waals surface area contributed by atoms with Crippen LogP contribution in [0.25, 0.3) is 0 Å². The second-order valence-electron chi connectivity index (χ2n) is 6.10. The van der Waals surface area contributed by atoms with E-state index in [2.05, 4.69) is 4.90 Å². The van der Waals surface area contributed by atoms with Gasteiger partial charge < -0.3 is 10.6 Å². The smallest absolute Gasteiger partial charge is 0.00123 e. The Morgan fingerprint density at radius 2 is 1.65 bits per heavy atom. The molecule has 1 saturated heterocycles. The molecule has 0 spiro atoms. The molecule has 1 aliphatic carbocycles. The van der Waals surface area contributed by atoms with Gasteiger partial charge in [0.05, 0.1) is 0 Å². The molecule has 2 aliphatic rings. The summed E-state index contributed by atoms with van der Waals surface area (Å²) in [6.45, 7) is 4.99. The van der Waals surface area contributed by atoms with Crippen LogP contribution in [0.1, 0.15) is 57.8 Å². The Balaban J connectivity index is 1.59. The number of likely N-dealkylation sites (tertiary alicyclic amines) is 1. The Morgan fingerprint density at radius 1 is 0.882 bits per heavy atom. The minimum atomic E-state index is 0.869. The molecule has 1 saturated carbocycles. The largest absolute Gasteiger partial charge is 0.330 e. The van der Waals surface area contributed by atoms with E-state index in [0.29, 0.717) is 0 Å². The number of hydrogen-bond acceptors (Lipinski definition) is 2. The summed E-state index contributed by atoms with van der Waals surface area (Å²) >= 11 is 0. The zero-order chi connectivity index (χ0) is 11.9. The lowest BCUT2D eigenvalue weighted by Gasteiger charge is -2.41. The molecule has 0 amide bonds. The van der Waals surface area contributed by atoms with Gasteiger partial charge in [0.15, 0.2) is 0 Å². The van der Waals surface area contributed by atoms with Crippen molar-refractivity contribution in [3.05, 3.63) is 0 Å². The first-order chi connectivity index (χ1) is 8.40. The van der Waals surface area contributed by atoms with Crippen molar-refractivity contribution in [1.82, 2.24) is 4.90 Å². The van der Waals surface area contributed by atoms with Crippen molar-refractivity contribution < 1.29 is 0 Å². The highest BCUT2D eigenvalue weighted by molar-refractivity contribution is 4.83. The van der Waals surface area contributed by atoms with E-state index < -0.39 is 0 Å². The number of fused-ring (bicyclic) bond motifs is 1. The maximum Gasteiger partial charge on any atom is 0.00123 e. The third kappa shape index (κ3) is 4.26. The van der Waals surface area contributed by atoms with E-state index in [0.717, 1.165) is 18.4 Å². The van der Waals surface area contributed by atoms with E-state index >= 15 is 0 Å². The van der Waals surface area contributed by atoms with Crippen LogP contribution in [0.5, 0.6) is 0 Å². The number of unbranched alkanes of at least 4 members (excludes halogenated alkanes) is 3. The van der Waals surface area contributed by atoms with Crippen molar-refractivity contribution in [3.8, 4) is 0 Å². The number of nitrogens with zero attached hydrogens (tertiary/aromatic N) is 1. The number of piperidine rings is 1. The third-order valence-electron chi connectivity index (χ3n) is 4.80. The van der Waals surface area contributed by atoms with Gasteiger partial charge in [-0.2, -0.15) is 0 Å². The lowest BCUT2D eigenvalue weighted by molar-refractivity contribution is 0.0856. The first kappa shape index (κ1) is 13.4. The van der Waals surface area contributed by atoms with E-state index in [4.69, 9.17) is 5.73 Å². The maximum atomic E-state index is 5.52. The van der Waals surface area contributed by atoms with E-state index in [1.807, 2.05) is 0 Å². The summed E-state index contributed by atoms with van der Waals surface area (Å²) in [5.41, 5.74) is 5.52. The van der Waals surface area contributed by atoms with Gasteiger partial charge in [0.2, 0.25) is 0 Å². The van der Waals surface area contributed by atoms with E-state index in [1.165, 1.54) is 77.4 Å². The molecule has 0 aromatic carbocycles. The van der Waals surface area contributed by atoms with Gasteiger partial charge in [-0.1, -0.05) is 32.1 Å². The molecule has 1 aliphatic heterocycles. The van der Waals surface area contributed by atoms with Crippen LogP contribution < -0.4 is 5.73 Å². The molecule has 0 radical (unpaired) electrons. The van der Waals surface area contributed by atoms with E-state index in [9.17, 15) is 0 Å². The minimum Gasteiger partial charge on any atom is -0.330 e. The summed E-state index contributed by atoms with van der Waals surface area (Å²) in [6, 6.07) is 0. The SMILES string of the molecule is NCCCCCCN1CC[C@@H]2CCCC[C@H]2C1. The molecule has 2 N–H and O–H groups in total. The van der Waals surface area contributed by atoms with Gasteiger partial charge in [-0.05, 0) is 57.2 Å². The Labute approximate surface area is 107 Å². The van der Waals surface area contributed by atoms with Gasteiger partial charge in [-0.25, -0.2) is 0 Å². The van der Waals surface area contributed by atoms with E-state index in [1.54, 1.807) is 0 Å². The molecule has 0 unspecified atom stereocenters. The predicted molar refractivity (Wildman–Crippen MR) is 74.0 cm³/mol. The molecule has 100 valence electrons. The zero-order valence-corrected chi connectivity index (χ0v) is 11.4. The van der Waals surface area contributed by atoms with Gasteiger partial charge in [0.25, 0.3) is 0 Å². The highest BCUT2D eigenvalue weighted by atomic mass is 15.1. The van der Waals surface area contributed by atoms with Gasteiger partial charge in [0, 0.05) is 6.54 Å². The summed E-state index contributed by atoms with van der Waals surface area (Å²) in [6.07, 6.45) is 12.8. The summed E-state index contributed by atoms with van der Waals surface area (Å²) in [5.74, 6) is 2.12. The fourth-order valence-corrected chi connectivity index (χ4v) is 3.71. The maximum absolute atomic E-state index is 5.52. The summed E-state index contributed by atoms with van der Waals surface area (Å²) in [5, 5.41) is 0. The summed E-state index contributed by atoms with van der Waals surface area (Å²) < 4.78 is 0. The average Bonchev–Trinajstić information content (AvgIpc) is 2.38. The lowest BCUT2D eigenvalue weighted by atomic mass is 9.75. The highest BCUT2D eigenvalue weighted by Gasteiger charge is 2.30. The summed E-state index contributed by atoms with van der Waals surface area (Å²) in [4.78, 5) is 2.73. The molecule has 17 heavy (non-hydrogen) atoms. The van der Waals surface area contributed by atoms with Crippen molar-refractivity contribution in [2.24, 2.45) is 17.6 Å². The Kier molecular flexibility index (Phi) is 5.79. The van der Waals surface area contributed by atoms with Crippen LogP contribution >= 0.6 is 0 Å². The van der Waals surface area contributed by atoms with E-state index in [-0.39, 0.29) is 0 Å². The van der Waals surface area contributed by atoms with Crippen LogP contribution in [0.15, 0.2) is 0 Å². The lowest BCUT2D eigenvalue weighted by Crippen LogP contribution is -2.42. The fourth-order valence-electron chi connectivity index (χ4n) is 3.71. The van der Waals surface area contributed by atoms with Gasteiger partial charge >= 0.3 is 0 Å². The van der Waals surface area contributed by atoms with Crippen LogP contribution in [0, 0.1) is 11.8 Å². The first-order valence-corrected chi connectivity index (χ1v) is 7.82. The topological polar surface area (TPSA) is 29.3 Å². The van der Waals surface area contributed by atoms with Crippen LogP contribution in [-0.4, -0.2) is 31.1 Å². The van der Waals surface area contributed by atoms with Crippen LogP contribution in [0.4, 0.5) is 0 Å². The van der Waals surface area contributed by atoms with Crippen molar-refractivity contribution in [2.75, 3.05) is 26.2 Å². The zero-order valence-electron chi connectivity index (χ0n) is 11.4. The molecule has 2 fully saturated rings. The van der Waals surface area contributed by atoms with Gasteiger partial charge in [0.1, 0.15) is 0 Å². The normalized spacial score (nSPS) is 30.2. The van der Waals surface area contributed by atoms with Crippen molar-refractivity contribution in [2.45, 2.75) is 57.8 Å². The molecule has 0 bridgehead atoms.